The fraction of sp³-hybridized carbons (Fsp3) is 0.200. The molecule has 1 atom stereocenters. The van der Waals surface area contributed by atoms with Crippen LogP contribution in [-0.4, -0.2) is 5.24 Å². The molecule has 0 aromatic heterocycles. The Morgan fingerprint density at radius 2 is 2.31 bits per heavy atom. The molecule has 66 valence electrons. The van der Waals surface area contributed by atoms with E-state index in [0.29, 0.717) is 5.56 Å². The van der Waals surface area contributed by atoms with Crippen LogP contribution in [0.15, 0.2) is 24.3 Å². The van der Waals surface area contributed by atoms with Gasteiger partial charge in [-0.3, -0.25) is 4.79 Å². The van der Waals surface area contributed by atoms with Gasteiger partial charge in [-0.2, -0.15) is 5.26 Å². The van der Waals surface area contributed by atoms with Crippen molar-refractivity contribution in [1.82, 2.24) is 0 Å². The quantitative estimate of drug-likeness (QED) is 0.678. The van der Waals surface area contributed by atoms with Gasteiger partial charge in [0.05, 0.1) is 12.0 Å². The van der Waals surface area contributed by atoms with Crippen molar-refractivity contribution in [2.24, 2.45) is 0 Å². The molecule has 13 heavy (non-hydrogen) atoms. The second kappa shape index (κ2) is 4.06. The summed E-state index contributed by atoms with van der Waals surface area (Å²) in [5.41, 5.74) is 1.25. The molecule has 1 aromatic carbocycles. The highest BCUT2D eigenvalue weighted by Gasteiger charge is 2.06. The lowest BCUT2D eigenvalue weighted by atomic mass is 10.0. The van der Waals surface area contributed by atoms with Crippen molar-refractivity contribution in [1.29, 1.82) is 5.26 Å². The maximum atomic E-state index is 10.8. The minimum absolute atomic E-state index is 0.212. The molecule has 0 N–H and O–H groups in total. The van der Waals surface area contributed by atoms with Crippen LogP contribution in [0.3, 0.4) is 0 Å². The number of hydrogen-bond donors (Lipinski definition) is 0. The molecule has 0 aliphatic carbocycles. The van der Waals surface area contributed by atoms with Crippen molar-refractivity contribution < 1.29 is 4.79 Å². The summed E-state index contributed by atoms with van der Waals surface area (Å²) in [6.07, 6.45) is 0. The van der Waals surface area contributed by atoms with Crippen LogP contribution >= 0.6 is 11.6 Å². The van der Waals surface area contributed by atoms with Gasteiger partial charge in [0.2, 0.25) is 0 Å². The van der Waals surface area contributed by atoms with Gasteiger partial charge < -0.3 is 0 Å². The molecule has 0 heterocycles. The summed E-state index contributed by atoms with van der Waals surface area (Å²) in [4.78, 5) is 10.8. The van der Waals surface area contributed by atoms with Gasteiger partial charge in [-0.1, -0.05) is 18.2 Å². The van der Waals surface area contributed by atoms with Crippen LogP contribution in [0.2, 0.25) is 0 Å². The lowest BCUT2D eigenvalue weighted by Crippen LogP contribution is -1.94. The second-order valence-electron chi connectivity index (χ2n) is 2.75. The van der Waals surface area contributed by atoms with Gasteiger partial charge in [0, 0.05) is 5.56 Å². The number of halogens is 1. The standard InChI is InChI=1S/C10H8ClNO/c1-7(6-12)8-3-2-4-9(5-8)10(11)13/h2-5,7H,1H3/t7-/m1/s1. The van der Waals surface area contributed by atoms with Gasteiger partial charge in [0.1, 0.15) is 0 Å². The highest BCUT2D eigenvalue weighted by Crippen LogP contribution is 2.16. The normalized spacial score (nSPS) is 11.8. The summed E-state index contributed by atoms with van der Waals surface area (Å²) in [7, 11) is 0. The lowest BCUT2D eigenvalue weighted by molar-refractivity contribution is 0.108. The fourth-order valence-electron chi connectivity index (χ4n) is 1.00. The van der Waals surface area contributed by atoms with Crippen LogP contribution in [0.25, 0.3) is 0 Å². The van der Waals surface area contributed by atoms with Crippen molar-refractivity contribution in [3.63, 3.8) is 0 Å². The molecule has 1 aromatic rings. The Hall–Kier alpha value is -1.33. The molecule has 0 bridgehead atoms. The van der Waals surface area contributed by atoms with Gasteiger partial charge in [-0.05, 0) is 30.2 Å². The third-order valence-electron chi connectivity index (χ3n) is 1.81. The van der Waals surface area contributed by atoms with E-state index in [2.05, 4.69) is 6.07 Å². The van der Waals surface area contributed by atoms with Crippen LogP contribution in [0, 0.1) is 11.3 Å². The third-order valence-corrected chi connectivity index (χ3v) is 2.03. The Labute approximate surface area is 81.7 Å². The van der Waals surface area contributed by atoms with Gasteiger partial charge in [-0.25, -0.2) is 0 Å². The largest absolute Gasteiger partial charge is 0.276 e. The highest BCUT2D eigenvalue weighted by molar-refractivity contribution is 6.67. The van der Waals surface area contributed by atoms with Gasteiger partial charge in [0.25, 0.3) is 5.24 Å². The minimum atomic E-state index is -0.494. The van der Waals surface area contributed by atoms with E-state index in [1.165, 1.54) is 0 Å². The molecule has 0 spiro atoms. The highest BCUT2D eigenvalue weighted by atomic mass is 35.5. The van der Waals surface area contributed by atoms with E-state index in [9.17, 15) is 4.79 Å². The minimum Gasteiger partial charge on any atom is -0.276 e. The van der Waals surface area contributed by atoms with Crippen molar-refractivity contribution >= 4 is 16.8 Å². The predicted octanol–water partition coefficient (Wildman–Crippen LogP) is 2.69. The van der Waals surface area contributed by atoms with Crippen LogP contribution in [0.1, 0.15) is 28.8 Å². The summed E-state index contributed by atoms with van der Waals surface area (Å²) >= 11 is 5.30. The first kappa shape index (κ1) is 9.76. The summed E-state index contributed by atoms with van der Waals surface area (Å²) in [6, 6.07) is 8.89. The smallest absolute Gasteiger partial charge is 0.252 e. The summed E-state index contributed by atoms with van der Waals surface area (Å²) in [6.45, 7) is 1.78. The number of carbonyl (C=O) groups excluding carboxylic acids is 1. The van der Waals surface area contributed by atoms with E-state index < -0.39 is 5.24 Å². The molecular formula is C10H8ClNO. The van der Waals surface area contributed by atoms with E-state index in [1.54, 1.807) is 31.2 Å². The van der Waals surface area contributed by atoms with E-state index in [0.717, 1.165) is 5.56 Å². The molecule has 0 fully saturated rings. The number of nitrogens with zero attached hydrogens (tertiary/aromatic N) is 1. The monoisotopic (exact) mass is 193 g/mol. The Morgan fingerprint density at radius 1 is 1.62 bits per heavy atom. The first-order chi connectivity index (χ1) is 6.15. The first-order valence-electron chi connectivity index (χ1n) is 3.84. The topological polar surface area (TPSA) is 40.9 Å². The average molecular weight is 194 g/mol. The van der Waals surface area contributed by atoms with Gasteiger partial charge in [-0.15, -0.1) is 0 Å². The molecule has 0 radical (unpaired) electrons. The number of carbonyl (C=O) groups is 1. The van der Waals surface area contributed by atoms with Crippen LogP contribution in [0.4, 0.5) is 0 Å². The Bertz CT molecular complexity index is 367. The van der Waals surface area contributed by atoms with Gasteiger partial charge >= 0.3 is 0 Å². The van der Waals surface area contributed by atoms with E-state index in [1.807, 2.05) is 0 Å². The molecular weight excluding hydrogens is 186 g/mol. The summed E-state index contributed by atoms with van der Waals surface area (Å²) < 4.78 is 0. The van der Waals surface area contributed by atoms with Crippen molar-refractivity contribution in [3.8, 4) is 6.07 Å². The van der Waals surface area contributed by atoms with Gasteiger partial charge in [0.15, 0.2) is 0 Å². The first-order valence-corrected chi connectivity index (χ1v) is 4.22. The molecule has 0 amide bonds. The number of benzene rings is 1. The zero-order chi connectivity index (χ0) is 9.84. The zero-order valence-corrected chi connectivity index (χ0v) is 7.88. The molecule has 0 aliphatic rings. The third kappa shape index (κ3) is 2.30. The average Bonchev–Trinajstić information content (AvgIpc) is 2.17. The zero-order valence-electron chi connectivity index (χ0n) is 7.12. The molecule has 3 heteroatoms. The van der Waals surface area contributed by atoms with Crippen molar-refractivity contribution in [2.45, 2.75) is 12.8 Å². The van der Waals surface area contributed by atoms with E-state index in [4.69, 9.17) is 16.9 Å². The molecule has 1 rings (SSSR count). The summed E-state index contributed by atoms with van der Waals surface area (Å²) in [5.74, 6) is -0.212. The predicted molar refractivity (Wildman–Crippen MR) is 50.7 cm³/mol. The number of nitriles is 1. The molecule has 0 saturated carbocycles. The molecule has 2 nitrogen and oxygen atoms in total. The Balaban J connectivity index is 3.07. The molecule has 0 aliphatic heterocycles. The molecule has 0 unspecified atom stereocenters. The lowest BCUT2D eigenvalue weighted by Gasteiger charge is -2.02. The Kier molecular flexibility index (Phi) is 3.05. The Morgan fingerprint density at radius 3 is 2.85 bits per heavy atom. The van der Waals surface area contributed by atoms with E-state index in [-0.39, 0.29) is 5.92 Å². The number of hydrogen-bond acceptors (Lipinski definition) is 2. The van der Waals surface area contributed by atoms with Crippen molar-refractivity contribution in [2.75, 3.05) is 0 Å². The van der Waals surface area contributed by atoms with Crippen LogP contribution < -0.4 is 0 Å². The molecule has 0 saturated heterocycles. The number of rotatable bonds is 2. The van der Waals surface area contributed by atoms with Crippen LogP contribution in [0.5, 0.6) is 0 Å². The van der Waals surface area contributed by atoms with Crippen LogP contribution in [-0.2, 0) is 0 Å². The second-order valence-corrected chi connectivity index (χ2v) is 3.09. The maximum Gasteiger partial charge on any atom is 0.252 e. The van der Waals surface area contributed by atoms with Crippen molar-refractivity contribution in [3.05, 3.63) is 35.4 Å². The maximum absolute atomic E-state index is 10.8. The SMILES string of the molecule is C[C@H](C#N)c1cccc(C(=O)Cl)c1. The summed E-state index contributed by atoms with van der Waals surface area (Å²) in [5, 5.41) is 8.16. The van der Waals surface area contributed by atoms with E-state index >= 15 is 0 Å². The fourth-order valence-corrected chi connectivity index (χ4v) is 1.12.